The van der Waals surface area contributed by atoms with Crippen molar-refractivity contribution < 1.29 is 4.74 Å². The average molecular weight is 645 g/mol. The summed E-state index contributed by atoms with van der Waals surface area (Å²) in [5.74, 6) is 1.14. The van der Waals surface area contributed by atoms with Crippen LogP contribution in [0.1, 0.15) is 53.7 Å². The molecule has 3 nitrogen and oxygen atoms in total. The number of allylic oxidation sites excluding steroid dienone is 3. The highest BCUT2D eigenvalue weighted by Crippen LogP contribution is 2.53. The number of nitrogens with one attached hydrogen (secondary N) is 1. The molecule has 0 bridgehead atoms. The van der Waals surface area contributed by atoms with Crippen molar-refractivity contribution in [3.63, 3.8) is 0 Å². The summed E-state index contributed by atoms with van der Waals surface area (Å²) < 4.78 is 6.04. The molecule has 8 rings (SSSR count). The lowest BCUT2D eigenvalue weighted by molar-refractivity contribution is 0.251. The fourth-order valence-corrected chi connectivity index (χ4v) is 7.89. The highest BCUT2D eigenvalue weighted by molar-refractivity contribution is 14.1. The van der Waals surface area contributed by atoms with Crippen molar-refractivity contribution in [1.29, 1.82) is 0 Å². The van der Waals surface area contributed by atoms with Crippen molar-refractivity contribution in [3.05, 3.63) is 155 Å². The maximum absolute atomic E-state index is 6.51. The summed E-state index contributed by atoms with van der Waals surface area (Å²) in [6.45, 7) is 4.66. The lowest BCUT2D eigenvalue weighted by atomic mass is 9.81. The molecule has 4 aromatic rings. The number of alkyl halides is 1. The first-order valence-corrected chi connectivity index (χ1v) is 15.2. The summed E-state index contributed by atoms with van der Waals surface area (Å²) in [7, 11) is 0. The summed E-state index contributed by atoms with van der Waals surface area (Å²) in [5.41, 5.74) is 12.0. The van der Waals surface area contributed by atoms with E-state index in [2.05, 4.69) is 157 Å². The maximum atomic E-state index is 6.51. The van der Waals surface area contributed by atoms with Crippen LogP contribution in [0.5, 0.6) is 5.75 Å². The molecule has 3 unspecified atom stereocenters. The van der Waals surface area contributed by atoms with Crippen LogP contribution in [0.3, 0.4) is 0 Å². The Hall–Kier alpha value is -3.90. The minimum absolute atomic E-state index is 0.0566. The van der Waals surface area contributed by atoms with Crippen LogP contribution in [0.15, 0.2) is 132 Å². The van der Waals surface area contributed by atoms with E-state index in [1.807, 2.05) is 6.07 Å². The van der Waals surface area contributed by atoms with E-state index in [0.717, 1.165) is 28.3 Å². The molecule has 2 aliphatic heterocycles. The zero-order valence-electron chi connectivity index (χ0n) is 22.9. The Morgan fingerprint density at radius 2 is 1.59 bits per heavy atom. The summed E-state index contributed by atoms with van der Waals surface area (Å²) in [6, 6.07) is 34.6. The third-order valence-electron chi connectivity index (χ3n) is 8.91. The quantitative estimate of drug-likeness (QED) is 0.179. The molecule has 0 fully saturated rings. The van der Waals surface area contributed by atoms with Gasteiger partial charge >= 0.3 is 0 Å². The normalized spacial score (nSPS) is 24.5. The predicted molar refractivity (Wildman–Crippen MR) is 176 cm³/mol. The molecule has 41 heavy (non-hydrogen) atoms. The van der Waals surface area contributed by atoms with E-state index in [1.54, 1.807) is 0 Å². The standard InChI is InChI=1S/C37H29IN2O/c1-36(2)29-14-8-6-12-26(29)27-18-16-24(20-31(27)36)32-21-33(40-35(39-32)23-10-4-3-5-11-23)25-17-19-30-28-13-7-9-15-34(28)41-37(30,38)22-25/h3-22,30,35,39H,1-2H3. The van der Waals surface area contributed by atoms with E-state index in [0.29, 0.717) is 0 Å². The zero-order valence-corrected chi connectivity index (χ0v) is 25.1. The Morgan fingerprint density at radius 1 is 0.829 bits per heavy atom. The number of halogens is 1. The molecular formula is C37H29IN2O. The molecule has 0 saturated carbocycles. The van der Waals surface area contributed by atoms with Gasteiger partial charge in [-0.15, -0.1) is 0 Å². The second-order valence-electron chi connectivity index (χ2n) is 11.7. The highest BCUT2D eigenvalue weighted by Gasteiger charge is 2.45. The van der Waals surface area contributed by atoms with Gasteiger partial charge in [0, 0.05) is 22.2 Å². The molecular weight excluding hydrogens is 615 g/mol. The van der Waals surface area contributed by atoms with E-state index in [-0.39, 0.29) is 17.5 Å². The third-order valence-corrected chi connectivity index (χ3v) is 10.1. The second-order valence-corrected chi connectivity index (χ2v) is 13.4. The minimum Gasteiger partial charge on any atom is -0.472 e. The molecule has 3 atom stereocenters. The third kappa shape index (κ3) is 3.87. The summed E-state index contributed by atoms with van der Waals surface area (Å²) in [4.78, 5) is 5.23. The molecule has 0 spiro atoms. The Kier molecular flexibility index (Phi) is 5.49. The van der Waals surface area contributed by atoms with Crippen LogP contribution in [0.4, 0.5) is 0 Å². The van der Waals surface area contributed by atoms with Crippen molar-refractivity contribution in [1.82, 2.24) is 5.32 Å². The number of rotatable bonds is 3. The molecule has 2 heterocycles. The van der Waals surface area contributed by atoms with Crippen molar-refractivity contribution in [2.24, 2.45) is 4.99 Å². The lowest BCUT2D eigenvalue weighted by Gasteiger charge is -2.30. The van der Waals surface area contributed by atoms with Gasteiger partial charge in [0.25, 0.3) is 0 Å². The molecule has 0 amide bonds. The second kappa shape index (κ2) is 9.05. The number of ether oxygens (including phenoxy) is 1. The van der Waals surface area contributed by atoms with Gasteiger partial charge in [-0.25, -0.2) is 0 Å². The largest absolute Gasteiger partial charge is 0.472 e. The first-order valence-electron chi connectivity index (χ1n) is 14.1. The topological polar surface area (TPSA) is 33.6 Å². The van der Waals surface area contributed by atoms with Gasteiger partial charge in [-0.1, -0.05) is 111 Å². The van der Waals surface area contributed by atoms with Crippen LogP contribution in [0.25, 0.3) is 16.8 Å². The van der Waals surface area contributed by atoms with Crippen LogP contribution in [0.2, 0.25) is 0 Å². The van der Waals surface area contributed by atoms with Crippen LogP contribution in [-0.2, 0) is 5.41 Å². The van der Waals surface area contributed by atoms with E-state index in [4.69, 9.17) is 9.73 Å². The maximum Gasteiger partial charge on any atom is 0.188 e. The van der Waals surface area contributed by atoms with Gasteiger partial charge in [-0.3, -0.25) is 4.99 Å². The van der Waals surface area contributed by atoms with Crippen molar-refractivity contribution in [3.8, 4) is 16.9 Å². The molecule has 4 heteroatoms. The molecule has 0 radical (unpaired) electrons. The van der Waals surface area contributed by atoms with Gasteiger partial charge in [-0.2, -0.15) is 0 Å². The Morgan fingerprint density at radius 3 is 2.46 bits per heavy atom. The predicted octanol–water partition coefficient (Wildman–Crippen LogP) is 8.88. The fraction of sp³-hybridized carbons (Fsp3) is 0.162. The van der Waals surface area contributed by atoms with E-state index < -0.39 is 3.61 Å². The molecule has 0 aromatic heterocycles. The van der Waals surface area contributed by atoms with Crippen molar-refractivity contribution >= 4 is 34.0 Å². The molecule has 4 aliphatic rings. The van der Waals surface area contributed by atoms with Gasteiger partial charge in [-0.05, 0) is 80.3 Å². The number of fused-ring (bicyclic) bond motifs is 6. The van der Waals surface area contributed by atoms with Gasteiger partial charge in [0.2, 0.25) is 0 Å². The van der Waals surface area contributed by atoms with Gasteiger partial charge in [0.05, 0.1) is 11.6 Å². The van der Waals surface area contributed by atoms with Crippen LogP contribution >= 0.6 is 22.6 Å². The fourth-order valence-electron chi connectivity index (χ4n) is 6.77. The van der Waals surface area contributed by atoms with E-state index >= 15 is 0 Å². The number of hydrogen-bond acceptors (Lipinski definition) is 3. The van der Waals surface area contributed by atoms with Crippen LogP contribution < -0.4 is 10.1 Å². The van der Waals surface area contributed by atoms with E-state index in [9.17, 15) is 0 Å². The van der Waals surface area contributed by atoms with Gasteiger partial charge in [0.15, 0.2) is 3.61 Å². The molecule has 2 aliphatic carbocycles. The lowest BCUT2D eigenvalue weighted by Crippen LogP contribution is -2.31. The van der Waals surface area contributed by atoms with E-state index in [1.165, 1.54) is 33.4 Å². The summed E-state index contributed by atoms with van der Waals surface area (Å²) in [6.07, 6.45) is 8.76. The number of para-hydroxylation sites is 1. The zero-order chi connectivity index (χ0) is 27.8. The minimum atomic E-state index is -0.474. The van der Waals surface area contributed by atoms with Crippen LogP contribution in [0, 0.1) is 0 Å². The Labute approximate surface area is 254 Å². The molecule has 4 aromatic carbocycles. The first kappa shape index (κ1) is 24.9. The average Bonchev–Trinajstić information content (AvgIpc) is 3.44. The monoisotopic (exact) mass is 644 g/mol. The molecule has 0 saturated heterocycles. The first-order chi connectivity index (χ1) is 19.9. The number of benzene rings is 4. The number of hydrogen-bond donors (Lipinski definition) is 1. The van der Waals surface area contributed by atoms with Crippen molar-refractivity contribution in [2.45, 2.75) is 35.0 Å². The summed E-state index contributed by atoms with van der Waals surface area (Å²) >= 11 is 2.47. The Balaban J connectivity index is 1.22. The van der Waals surface area contributed by atoms with Crippen molar-refractivity contribution in [2.75, 3.05) is 0 Å². The number of aliphatic imine (C=N–C) groups is 1. The smallest absolute Gasteiger partial charge is 0.188 e. The van der Waals surface area contributed by atoms with Gasteiger partial charge in [0.1, 0.15) is 11.9 Å². The highest BCUT2D eigenvalue weighted by atomic mass is 127. The van der Waals surface area contributed by atoms with Gasteiger partial charge < -0.3 is 10.1 Å². The molecule has 200 valence electrons. The SMILES string of the molecule is CC1(C)c2ccccc2-c2ccc(C3=CC(C4=CC5(I)Oc6ccccc6C5C=C4)=NC(c4ccccc4)N3)cc21. The summed E-state index contributed by atoms with van der Waals surface area (Å²) in [5, 5.41) is 3.75. The van der Waals surface area contributed by atoms with Crippen LogP contribution in [-0.4, -0.2) is 9.32 Å². The Bertz CT molecular complexity index is 1850. The number of nitrogens with zero attached hydrogens (tertiary/aromatic N) is 1. The molecule has 1 N–H and O–H groups in total.